The van der Waals surface area contributed by atoms with Crippen molar-refractivity contribution in [2.75, 3.05) is 9.80 Å². The van der Waals surface area contributed by atoms with Crippen LogP contribution in [0.2, 0.25) is 0 Å². The maximum absolute atomic E-state index is 2.58. The number of aryl methyl sites for hydroxylation is 6. The predicted molar refractivity (Wildman–Crippen MR) is 268 cm³/mol. The number of nitrogens with zero attached hydrogens (tertiary/aromatic N) is 2. The van der Waals surface area contributed by atoms with Crippen molar-refractivity contribution in [2.45, 2.75) is 41.5 Å². The first-order chi connectivity index (χ1) is 30.3. The van der Waals surface area contributed by atoms with E-state index in [2.05, 4.69) is 197 Å². The molecule has 0 N–H and O–H groups in total. The summed E-state index contributed by atoms with van der Waals surface area (Å²) >= 11 is 0. The van der Waals surface area contributed by atoms with E-state index < -0.39 is 0 Å². The Labute approximate surface area is 363 Å². The summed E-state index contributed by atoms with van der Waals surface area (Å²) in [6.45, 7) is 13.7. The van der Waals surface area contributed by atoms with Gasteiger partial charge in [0, 0.05) is 22.7 Å². The van der Waals surface area contributed by atoms with Crippen LogP contribution in [0.5, 0.6) is 0 Å². The van der Waals surface area contributed by atoms with Crippen LogP contribution in [0.15, 0.2) is 146 Å². The summed E-state index contributed by atoms with van der Waals surface area (Å²) in [5, 5.41) is 8.31. The van der Waals surface area contributed by atoms with Crippen LogP contribution in [0.3, 0.4) is 0 Å². The van der Waals surface area contributed by atoms with Crippen LogP contribution in [0, 0.1) is 41.5 Å². The maximum Gasteiger partial charge on any atom is 0.248 e. The number of benzene rings is 10. The Morgan fingerprint density at radius 2 is 0.710 bits per heavy atom. The van der Waals surface area contributed by atoms with E-state index in [-0.39, 0.29) is 13.4 Å². The van der Waals surface area contributed by atoms with Crippen LogP contribution >= 0.6 is 0 Å². The third-order valence-corrected chi connectivity index (χ3v) is 15.0. The first-order valence-electron chi connectivity index (χ1n) is 22.3. The van der Waals surface area contributed by atoms with Gasteiger partial charge in [-0.05, 0) is 164 Å². The Bertz CT molecular complexity index is 3400. The van der Waals surface area contributed by atoms with Gasteiger partial charge in [-0.25, -0.2) is 0 Å². The molecule has 0 saturated carbocycles. The molecule has 290 valence electrons. The van der Waals surface area contributed by atoms with Gasteiger partial charge in [0.1, 0.15) is 0 Å². The lowest BCUT2D eigenvalue weighted by atomic mass is 9.31. The number of hydrogen-bond donors (Lipinski definition) is 0. The lowest BCUT2D eigenvalue weighted by molar-refractivity contribution is 1.21. The van der Waals surface area contributed by atoms with E-state index in [1.807, 2.05) is 0 Å². The highest BCUT2D eigenvalue weighted by molar-refractivity contribution is 7.02. The fourth-order valence-electron chi connectivity index (χ4n) is 13.2. The zero-order valence-corrected chi connectivity index (χ0v) is 35.9. The summed E-state index contributed by atoms with van der Waals surface area (Å²) < 4.78 is 0. The molecule has 14 rings (SSSR count). The molecule has 0 radical (unpaired) electrons. The van der Waals surface area contributed by atoms with Crippen molar-refractivity contribution in [3.8, 4) is 22.3 Å². The van der Waals surface area contributed by atoms with Gasteiger partial charge in [-0.3, -0.25) is 0 Å². The SMILES string of the molecule is Cc1cc(C)c(N2c3ccccc3B3c4c(cccc42)-c2ccc4cc5c6c(ccc7cc3c2c4c76)-c2cccc3c2B5c2ccccc2N3c2c(C)cc(C)cc2C)c(C)c1. The second-order valence-electron chi connectivity index (χ2n) is 18.7. The largest absolute Gasteiger partial charge is 0.311 e. The fourth-order valence-corrected chi connectivity index (χ4v) is 13.2. The van der Waals surface area contributed by atoms with E-state index in [4.69, 9.17) is 0 Å². The number of hydrogen-bond acceptors (Lipinski definition) is 2. The maximum atomic E-state index is 2.58. The van der Waals surface area contributed by atoms with Crippen LogP contribution in [0.4, 0.5) is 34.1 Å². The molecule has 0 amide bonds. The molecule has 10 aromatic rings. The molecule has 0 atom stereocenters. The van der Waals surface area contributed by atoms with Crippen LogP contribution in [0.1, 0.15) is 33.4 Å². The van der Waals surface area contributed by atoms with E-state index in [1.54, 1.807) is 0 Å². The Morgan fingerprint density at radius 3 is 1.13 bits per heavy atom. The van der Waals surface area contributed by atoms with E-state index in [9.17, 15) is 0 Å². The van der Waals surface area contributed by atoms with Gasteiger partial charge >= 0.3 is 0 Å². The standard InChI is InChI=1S/C58H42B2N2/c1-31-25-33(3)57(34(4)26-31)61-47-17-9-7-15-43(47)59-45-29-37-22-24-40-42-14-12-20-50-56(42)60(44-16-8-10-18-48(44)62(50)58-35(5)27-32(2)28-36(58)6)46-30-38-21-23-39(41-13-11-19-49(61)55(41)59)53(45)51(38)52(37)54(40)46/h7-30H,1-6H3. The predicted octanol–water partition coefficient (Wildman–Crippen LogP) is 11.0. The van der Waals surface area contributed by atoms with Crippen molar-refractivity contribution in [1.29, 1.82) is 0 Å². The monoisotopic (exact) mass is 788 g/mol. The smallest absolute Gasteiger partial charge is 0.248 e. The highest BCUT2D eigenvalue weighted by atomic mass is 15.2. The molecule has 0 aliphatic carbocycles. The van der Waals surface area contributed by atoms with Gasteiger partial charge in [0.15, 0.2) is 0 Å². The van der Waals surface area contributed by atoms with Gasteiger partial charge in [-0.15, -0.1) is 0 Å². The van der Waals surface area contributed by atoms with Crippen LogP contribution in [-0.4, -0.2) is 13.4 Å². The summed E-state index contributed by atoms with van der Waals surface area (Å²) in [5.41, 5.74) is 29.4. The summed E-state index contributed by atoms with van der Waals surface area (Å²) in [4.78, 5) is 5.13. The third kappa shape index (κ3) is 4.18. The van der Waals surface area contributed by atoms with Crippen molar-refractivity contribution >= 4 is 113 Å². The Balaban J connectivity index is 1.07. The van der Waals surface area contributed by atoms with E-state index in [0.29, 0.717) is 0 Å². The summed E-state index contributed by atoms with van der Waals surface area (Å²) in [6.07, 6.45) is 0. The van der Waals surface area contributed by atoms with Crippen LogP contribution in [-0.2, 0) is 0 Å². The third-order valence-electron chi connectivity index (χ3n) is 15.0. The van der Waals surface area contributed by atoms with Crippen molar-refractivity contribution < 1.29 is 0 Å². The Hall–Kier alpha value is -7.03. The quantitative estimate of drug-likeness (QED) is 0.127. The zero-order valence-electron chi connectivity index (χ0n) is 35.9. The van der Waals surface area contributed by atoms with Crippen LogP contribution < -0.4 is 42.6 Å². The summed E-state index contributed by atoms with van der Waals surface area (Å²) in [7, 11) is 0. The Morgan fingerprint density at radius 1 is 0.323 bits per heavy atom. The molecule has 2 nitrogen and oxygen atoms in total. The van der Waals surface area contributed by atoms with Crippen molar-refractivity contribution in [3.63, 3.8) is 0 Å². The Kier molecular flexibility index (Phi) is 6.63. The minimum absolute atomic E-state index is 0.112. The molecule has 62 heavy (non-hydrogen) atoms. The lowest BCUT2D eigenvalue weighted by Gasteiger charge is -2.42. The molecule has 0 spiro atoms. The second-order valence-corrected chi connectivity index (χ2v) is 18.7. The molecule has 4 aliphatic rings. The molecule has 10 aromatic carbocycles. The molecule has 4 heteroatoms. The normalized spacial score (nSPS) is 13.8. The first-order valence-corrected chi connectivity index (χ1v) is 22.3. The van der Waals surface area contributed by atoms with Gasteiger partial charge in [-0.1, -0.05) is 143 Å². The minimum Gasteiger partial charge on any atom is -0.311 e. The number of para-hydroxylation sites is 2. The summed E-state index contributed by atoms with van der Waals surface area (Å²) in [6, 6.07) is 56.8. The van der Waals surface area contributed by atoms with Gasteiger partial charge in [0.25, 0.3) is 0 Å². The van der Waals surface area contributed by atoms with E-state index in [0.717, 1.165) is 0 Å². The number of anilines is 6. The molecular weight excluding hydrogens is 746 g/mol. The fraction of sp³-hybridized carbons (Fsp3) is 0.103. The summed E-state index contributed by atoms with van der Waals surface area (Å²) in [5.74, 6) is 0. The molecule has 4 aliphatic heterocycles. The average Bonchev–Trinajstić information content (AvgIpc) is 3.26. The van der Waals surface area contributed by atoms with Crippen molar-refractivity contribution in [1.82, 2.24) is 0 Å². The molecule has 0 aromatic heterocycles. The highest BCUT2D eigenvalue weighted by Gasteiger charge is 2.45. The lowest BCUT2D eigenvalue weighted by Crippen LogP contribution is -2.60. The van der Waals surface area contributed by atoms with Gasteiger partial charge in [0.2, 0.25) is 13.4 Å². The molecule has 4 heterocycles. The van der Waals surface area contributed by atoms with Crippen molar-refractivity contribution in [2.24, 2.45) is 0 Å². The van der Waals surface area contributed by atoms with E-state index >= 15 is 0 Å². The molecule has 0 fully saturated rings. The zero-order chi connectivity index (χ0) is 41.4. The number of rotatable bonds is 2. The molecular formula is C58H42B2N2. The van der Waals surface area contributed by atoms with Gasteiger partial charge < -0.3 is 9.80 Å². The molecule has 0 saturated heterocycles. The topological polar surface area (TPSA) is 6.48 Å². The van der Waals surface area contributed by atoms with Crippen LogP contribution in [0.25, 0.3) is 54.6 Å². The van der Waals surface area contributed by atoms with E-state index in [1.165, 1.54) is 155 Å². The highest BCUT2D eigenvalue weighted by Crippen LogP contribution is 2.49. The molecule has 0 unspecified atom stereocenters. The van der Waals surface area contributed by atoms with Gasteiger partial charge in [-0.2, -0.15) is 0 Å². The van der Waals surface area contributed by atoms with Gasteiger partial charge in [0.05, 0.1) is 11.4 Å². The van der Waals surface area contributed by atoms with Crippen molar-refractivity contribution in [3.05, 3.63) is 179 Å². The second kappa shape index (κ2) is 11.9. The molecule has 0 bridgehead atoms. The average molecular weight is 789 g/mol. The minimum atomic E-state index is 0.112. The first kappa shape index (κ1) is 34.7. The number of fused-ring (bicyclic) bond motifs is 8.